The number of nitrogens with one attached hydrogen (secondary N) is 1. The Hall–Kier alpha value is -1.84. The third-order valence-corrected chi connectivity index (χ3v) is 4.91. The smallest absolute Gasteiger partial charge is 0.339 e. The molecule has 0 bridgehead atoms. The zero-order valence-corrected chi connectivity index (χ0v) is 13.2. The monoisotopic (exact) mass is 301 g/mol. The van der Waals surface area contributed by atoms with Gasteiger partial charge in [-0.25, -0.2) is 4.79 Å². The lowest BCUT2D eigenvalue weighted by Crippen LogP contribution is -2.54. The largest absolute Gasteiger partial charge is 0.445 e. The first kappa shape index (κ1) is 15.1. The standard InChI is InChI=1S/C18H23NO3/c1-12-7-9-14(10-8-12)19-17(21)18(2)11-13-5-3-4-6-15(13)16(20)22-18/h3-6,12,14H,7-11H2,1-2H3,(H,19,21). The van der Waals surface area contributed by atoms with Crippen LogP contribution < -0.4 is 5.32 Å². The van der Waals surface area contributed by atoms with E-state index in [1.165, 1.54) is 0 Å². The SMILES string of the molecule is CC1CCC(NC(=O)C2(C)Cc3ccccc3C(=O)O2)CC1. The van der Waals surface area contributed by atoms with Crippen LogP contribution in [0.1, 0.15) is 55.5 Å². The van der Waals surface area contributed by atoms with Gasteiger partial charge in [0, 0.05) is 12.5 Å². The number of amides is 1. The molecule has 1 amide bonds. The van der Waals surface area contributed by atoms with E-state index in [0.29, 0.717) is 12.0 Å². The number of cyclic esters (lactones) is 1. The quantitative estimate of drug-likeness (QED) is 0.855. The van der Waals surface area contributed by atoms with Crippen molar-refractivity contribution >= 4 is 11.9 Å². The van der Waals surface area contributed by atoms with E-state index in [1.54, 1.807) is 13.0 Å². The summed E-state index contributed by atoms with van der Waals surface area (Å²) in [5, 5.41) is 3.08. The molecule has 22 heavy (non-hydrogen) atoms. The Balaban J connectivity index is 1.71. The Morgan fingerprint density at radius 1 is 1.23 bits per heavy atom. The van der Waals surface area contributed by atoms with Crippen LogP contribution >= 0.6 is 0 Å². The van der Waals surface area contributed by atoms with Crippen LogP contribution in [0.2, 0.25) is 0 Å². The highest BCUT2D eigenvalue weighted by molar-refractivity contribution is 5.97. The minimum atomic E-state index is -1.10. The average Bonchev–Trinajstić information content (AvgIpc) is 2.49. The first-order valence-electron chi connectivity index (χ1n) is 8.10. The summed E-state index contributed by atoms with van der Waals surface area (Å²) in [6, 6.07) is 7.54. The zero-order chi connectivity index (χ0) is 15.7. The summed E-state index contributed by atoms with van der Waals surface area (Å²) in [5.41, 5.74) is 0.349. The lowest BCUT2D eigenvalue weighted by molar-refractivity contribution is -0.140. The second kappa shape index (κ2) is 5.75. The molecular formula is C18H23NO3. The number of fused-ring (bicyclic) bond motifs is 1. The molecule has 0 saturated heterocycles. The second-order valence-electron chi connectivity index (χ2n) is 6.88. The van der Waals surface area contributed by atoms with Crippen molar-refractivity contribution in [1.82, 2.24) is 5.32 Å². The summed E-state index contributed by atoms with van der Waals surface area (Å²) in [7, 11) is 0. The Morgan fingerprint density at radius 2 is 1.91 bits per heavy atom. The molecule has 1 N–H and O–H groups in total. The first-order valence-corrected chi connectivity index (χ1v) is 8.10. The van der Waals surface area contributed by atoms with Crippen LogP contribution in [0.3, 0.4) is 0 Å². The molecule has 1 aliphatic carbocycles. The molecule has 0 aromatic heterocycles. The lowest BCUT2D eigenvalue weighted by Gasteiger charge is -2.35. The Labute approximate surface area is 131 Å². The van der Waals surface area contributed by atoms with Crippen molar-refractivity contribution in [3.05, 3.63) is 35.4 Å². The number of rotatable bonds is 2. The number of hydrogen-bond acceptors (Lipinski definition) is 3. The van der Waals surface area contributed by atoms with Gasteiger partial charge in [0.15, 0.2) is 5.60 Å². The maximum atomic E-state index is 12.6. The van der Waals surface area contributed by atoms with Gasteiger partial charge in [-0.15, -0.1) is 0 Å². The van der Waals surface area contributed by atoms with Crippen molar-refractivity contribution in [1.29, 1.82) is 0 Å². The number of carbonyl (C=O) groups is 2. The molecule has 1 saturated carbocycles. The van der Waals surface area contributed by atoms with Crippen LogP contribution in [0.5, 0.6) is 0 Å². The van der Waals surface area contributed by atoms with Crippen LogP contribution in [0.25, 0.3) is 0 Å². The zero-order valence-electron chi connectivity index (χ0n) is 13.2. The van der Waals surface area contributed by atoms with Crippen molar-refractivity contribution in [2.24, 2.45) is 5.92 Å². The van der Waals surface area contributed by atoms with Crippen LogP contribution in [0.15, 0.2) is 24.3 Å². The molecule has 1 aromatic rings. The second-order valence-corrected chi connectivity index (χ2v) is 6.88. The molecule has 1 fully saturated rings. The van der Waals surface area contributed by atoms with Gasteiger partial charge in [0.2, 0.25) is 0 Å². The molecule has 4 heteroatoms. The van der Waals surface area contributed by atoms with Gasteiger partial charge in [0.05, 0.1) is 5.56 Å². The van der Waals surface area contributed by atoms with Crippen LogP contribution in [-0.2, 0) is 16.0 Å². The van der Waals surface area contributed by atoms with Crippen molar-refractivity contribution in [3.8, 4) is 0 Å². The molecule has 1 atom stereocenters. The van der Waals surface area contributed by atoms with E-state index in [-0.39, 0.29) is 11.9 Å². The van der Waals surface area contributed by atoms with E-state index in [1.807, 2.05) is 18.2 Å². The van der Waals surface area contributed by atoms with Gasteiger partial charge in [0.25, 0.3) is 5.91 Å². The Bertz CT molecular complexity index is 590. The van der Waals surface area contributed by atoms with E-state index in [2.05, 4.69) is 12.2 Å². The number of hydrogen-bond donors (Lipinski definition) is 1. The third kappa shape index (κ3) is 2.87. The lowest BCUT2D eigenvalue weighted by atomic mass is 9.86. The summed E-state index contributed by atoms with van der Waals surface area (Å²) < 4.78 is 5.47. The van der Waals surface area contributed by atoms with Gasteiger partial charge in [0.1, 0.15) is 0 Å². The van der Waals surface area contributed by atoms with E-state index < -0.39 is 11.6 Å². The molecule has 4 nitrogen and oxygen atoms in total. The van der Waals surface area contributed by atoms with Gasteiger partial charge in [-0.3, -0.25) is 4.79 Å². The van der Waals surface area contributed by atoms with Crippen LogP contribution in [0.4, 0.5) is 0 Å². The predicted molar refractivity (Wildman–Crippen MR) is 83.5 cm³/mol. The fourth-order valence-electron chi connectivity index (χ4n) is 3.40. The molecule has 3 rings (SSSR count). The summed E-state index contributed by atoms with van der Waals surface area (Å²) in [5.74, 6) is 0.162. The van der Waals surface area contributed by atoms with Crippen LogP contribution in [0, 0.1) is 5.92 Å². The van der Waals surface area contributed by atoms with Gasteiger partial charge < -0.3 is 10.1 Å². The van der Waals surface area contributed by atoms with Gasteiger partial charge >= 0.3 is 5.97 Å². The molecule has 1 aromatic carbocycles. The molecule has 0 radical (unpaired) electrons. The summed E-state index contributed by atoms with van der Waals surface area (Å²) >= 11 is 0. The van der Waals surface area contributed by atoms with E-state index in [4.69, 9.17) is 4.74 Å². The fourth-order valence-corrected chi connectivity index (χ4v) is 3.40. The van der Waals surface area contributed by atoms with Crippen molar-refractivity contribution in [2.75, 3.05) is 0 Å². The van der Waals surface area contributed by atoms with Crippen LogP contribution in [-0.4, -0.2) is 23.5 Å². The number of ether oxygens (including phenoxy) is 1. The van der Waals surface area contributed by atoms with Gasteiger partial charge in [-0.2, -0.15) is 0 Å². The van der Waals surface area contributed by atoms with Crippen molar-refractivity contribution in [3.63, 3.8) is 0 Å². The minimum absolute atomic E-state index is 0.171. The maximum absolute atomic E-state index is 12.6. The predicted octanol–water partition coefficient (Wildman–Crippen LogP) is 2.85. The number of carbonyl (C=O) groups excluding carboxylic acids is 2. The van der Waals surface area contributed by atoms with E-state index >= 15 is 0 Å². The number of esters is 1. The summed E-state index contributed by atoms with van der Waals surface area (Å²) in [4.78, 5) is 24.8. The van der Waals surface area contributed by atoms with E-state index in [0.717, 1.165) is 37.2 Å². The summed E-state index contributed by atoms with van der Waals surface area (Å²) in [6.45, 7) is 3.96. The Kier molecular flexibility index (Phi) is 3.94. The topological polar surface area (TPSA) is 55.4 Å². The highest BCUT2D eigenvalue weighted by atomic mass is 16.6. The minimum Gasteiger partial charge on any atom is -0.445 e. The highest BCUT2D eigenvalue weighted by Crippen LogP contribution is 2.29. The molecule has 118 valence electrons. The maximum Gasteiger partial charge on any atom is 0.339 e. The Morgan fingerprint density at radius 3 is 2.64 bits per heavy atom. The molecule has 1 aliphatic heterocycles. The molecule has 2 aliphatic rings. The number of benzene rings is 1. The van der Waals surface area contributed by atoms with Crippen molar-refractivity contribution in [2.45, 2.75) is 57.6 Å². The first-order chi connectivity index (χ1) is 10.5. The third-order valence-electron chi connectivity index (χ3n) is 4.91. The highest BCUT2D eigenvalue weighted by Gasteiger charge is 2.43. The van der Waals surface area contributed by atoms with Gasteiger partial charge in [-0.05, 0) is 50.2 Å². The van der Waals surface area contributed by atoms with Crippen molar-refractivity contribution < 1.29 is 14.3 Å². The molecule has 0 spiro atoms. The van der Waals surface area contributed by atoms with Gasteiger partial charge in [-0.1, -0.05) is 25.1 Å². The fraction of sp³-hybridized carbons (Fsp3) is 0.556. The molecule has 1 heterocycles. The molecule has 1 unspecified atom stereocenters. The van der Waals surface area contributed by atoms with E-state index in [9.17, 15) is 9.59 Å². The average molecular weight is 301 g/mol. The summed E-state index contributed by atoms with van der Waals surface area (Å²) in [6.07, 6.45) is 4.74. The molecular weight excluding hydrogens is 278 g/mol. The normalized spacial score (nSPS) is 31.1.